The van der Waals surface area contributed by atoms with Crippen LogP contribution in [0.4, 0.5) is 0 Å². The number of ether oxygens (including phenoxy) is 1. The van der Waals surface area contributed by atoms with E-state index in [0.717, 1.165) is 25.7 Å². The van der Waals surface area contributed by atoms with Gasteiger partial charge in [0.15, 0.2) is 11.5 Å². The van der Waals surface area contributed by atoms with Crippen molar-refractivity contribution in [1.82, 2.24) is 5.32 Å². The van der Waals surface area contributed by atoms with Crippen LogP contribution in [-0.2, 0) is 16.0 Å². The summed E-state index contributed by atoms with van der Waals surface area (Å²) in [5, 5.41) is 12.0. The fourth-order valence-electron chi connectivity index (χ4n) is 3.64. The molecule has 32 heavy (non-hydrogen) atoms. The predicted octanol–water partition coefficient (Wildman–Crippen LogP) is 6.62. The molecule has 5 nitrogen and oxygen atoms in total. The molecule has 0 saturated heterocycles. The molecule has 0 atom stereocenters. The zero-order valence-corrected chi connectivity index (χ0v) is 20.2. The number of nitrogens with one attached hydrogen (secondary N) is 1. The molecule has 0 unspecified atom stereocenters. The van der Waals surface area contributed by atoms with Gasteiger partial charge in [0.2, 0.25) is 11.8 Å². The van der Waals surface area contributed by atoms with Crippen LogP contribution < -0.4 is 10.1 Å². The van der Waals surface area contributed by atoms with Gasteiger partial charge in [-0.15, -0.1) is 0 Å². The second-order valence-electron chi connectivity index (χ2n) is 8.49. The Morgan fingerprint density at radius 2 is 1.47 bits per heavy atom. The van der Waals surface area contributed by atoms with E-state index >= 15 is 0 Å². The quantitative estimate of drug-likeness (QED) is 0.197. The van der Waals surface area contributed by atoms with Crippen molar-refractivity contribution in [2.24, 2.45) is 0 Å². The van der Waals surface area contributed by atoms with Gasteiger partial charge in [-0.2, -0.15) is 0 Å². The molecule has 180 valence electrons. The number of benzene rings is 1. The number of aromatic hydroxyl groups is 1. The molecule has 0 aliphatic rings. The molecule has 0 aliphatic carbocycles. The molecule has 0 saturated carbocycles. The SMILES string of the molecule is CCCCCCCCC=CCCCCCCCC(=O)NC(=O)Cc1ccc(O)c(OC)c1. The fraction of sp³-hybridized carbons (Fsp3) is 0.630. The van der Waals surface area contributed by atoms with Gasteiger partial charge in [-0.3, -0.25) is 14.9 Å². The van der Waals surface area contributed by atoms with Crippen molar-refractivity contribution in [3.63, 3.8) is 0 Å². The minimum Gasteiger partial charge on any atom is -0.504 e. The van der Waals surface area contributed by atoms with Crippen molar-refractivity contribution in [2.45, 2.75) is 103 Å². The molecule has 1 aromatic rings. The van der Waals surface area contributed by atoms with Gasteiger partial charge >= 0.3 is 0 Å². The Kier molecular flexibility index (Phi) is 15.9. The molecule has 1 aromatic carbocycles. The van der Waals surface area contributed by atoms with Gasteiger partial charge < -0.3 is 9.84 Å². The number of phenolic OH excluding ortho intramolecular Hbond substituents is 1. The summed E-state index contributed by atoms with van der Waals surface area (Å²) >= 11 is 0. The van der Waals surface area contributed by atoms with Crippen LogP contribution in [0.25, 0.3) is 0 Å². The van der Waals surface area contributed by atoms with E-state index in [1.807, 2.05) is 0 Å². The Morgan fingerprint density at radius 3 is 2.09 bits per heavy atom. The van der Waals surface area contributed by atoms with E-state index in [1.54, 1.807) is 12.1 Å². The summed E-state index contributed by atoms with van der Waals surface area (Å²) in [5.74, 6) is -0.222. The van der Waals surface area contributed by atoms with Crippen molar-refractivity contribution < 1.29 is 19.4 Å². The first kappa shape index (κ1) is 27.7. The Balaban J connectivity index is 1.99. The van der Waals surface area contributed by atoms with Crippen LogP contribution in [0.5, 0.6) is 11.5 Å². The van der Waals surface area contributed by atoms with Gasteiger partial charge in [0.1, 0.15) is 0 Å². The van der Waals surface area contributed by atoms with Crippen molar-refractivity contribution >= 4 is 11.8 Å². The normalized spacial score (nSPS) is 11.1. The van der Waals surface area contributed by atoms with Crippen molar-refractivity contribution in [3.05, 3.63) is 35.9 Å². The van der Waals surface area contributed by atoms with Crippen LogP contribution in [0, 0.1) is 0 Å². The maximum atomic E-state index is 12.0. The van der Waals surface area contributed by atoms with Gasteiger partial charge in [-0.1, -0.05) is 76.5 Å². The van der Waals surface area contributed by atoms with Crippen molar-refractivity contribution in [1.29, 1.82) is 0 Å². The van der Waals surface area contributed by atoms with E-state index in [-0.39, 0.29) is 24.0 Å². The first-order chi connectivity index (χ1) is 15.6. The second-order valence-corrected chi connectivity index (χ2v) is 8.49. The Labute approximate surface area is 194 Å². The lowest BCUT2D eigenvalue weighted by Crippen LogP contribution is -2.31. The largest absolute Gasteiger partial charge is 0.504 e. The monoisotopic (exact) mass is 445 g/mol. The maximum Gasteiger partial charge on any atom is 0.230 e. The highest BCUT2D eigenvalue weighted by atomic mass is 16.5. The minimum absolute atomic E-state index is 0.0249. The number of imide groups is 1. The fourth-order valence-corrected chi connectivity index (χ4v) is 3.64. The Morgan fingerprint density at radius 1 is 0.875 bits per heavy atom. The number of methoxy groups -OCH3 is 1. The number of unbranched alkanes of at least 4 members (excludes halogenated alkanes) is 11. The minimum atomic E-state index is -0.338. The molecular weight excluding hydrogens is 402 g/mol. The van der Waals surface area contributed by atoms with Crippen LogP contribution in [0.1, 0.15) is 102 Å². The van der Waals surface area contributed by atoms with E-state index in [1.165, 1.54) is 71.0 Å². The molecule has 0 heterocycles. The topological polar surface area (TPSA) is 75.6 Å². The zero-order chi connectivity index (χ0) is 23.4. The molecule has 5 heteroatoms. The van der Waals surface area contributed by atoms with Gasteiger partial charge in [0.25, 0.3) is 0 Å². The molecule has 0 radical (unpaired) electrons. The summed E-state index contributed by atoms with van der Waals surface area (Å²) < 4.78 is 5.03. The summed E-state index contributed by atoms with van der Waals surface area (Å²) in [5.41, 5.74) is 0.686. The Hall–Kier alpha value is -2.30. The lowest BCUT2D eigenvalue weighted by atomic mass is 10.1. The van der Waals surface area contributed by atoms with Gasteiger partial charge in [0.05, 0.1) is 13.5 Å². The first-order valence-corrected chi connectivity index (χ1v) is 12.4. The first-order valence-electron chi connectivity index (χ1n) is 12.4. The molecule has 0 aromatic heterocycles. The molecule has 0 aliphatic heterocycles. The van der Waals surface area contributed by atoms with E-state index in [2.05, 4.69) is 24.4 Å². The van der Waals surface area contributed by atoms with E-state index in [4.69, 9.17) is 4.74 Å². The van der Waals surface area contributed by atoms with Gasteiger partial charge in [-0.25, -0.2) is 0 Å². The lowest BCUT2D eigenvalue weighted by Gasteiger charge is -2.07. The molecule has 2 N–H and O–H groups in total. The standard InChI is InChI=1S/C27H43NO4/c1-3-4-5-6-7-8-9-10-11-12-13-14-15-16-17-18-26(30)28-27(31)22-23-19-20-24(29)25(21-23)32-2/h10-11,19-21,29H,3-9,12-18,22H2,1-2H3,(H,28,30,31). The number of allylic oxidation sites excluding steroid dienone is 2. The number of carbonyl (C=O) groups excluding carboxylic acids is 2. The second kappa shape index (κ2) is 18.3. The molecule has 2 amide bonds. The van der Waals surface area contributed by atoms with Crippen LogP contribution in [-0.4, -0.2) is 24.0 Å². The zero-order valence-electron chi connectivity index (χ0n) is 20.2. The summed E-state index contributed by atoms with van der Waals surface area (Å²) in [6.07, 6.45) is 20.9. The summed E-state index contributed by atoms with van der Waals surface area (Å²) in [7, 11) is 1.45. The highest BCUT2D eigenvalue weighted by Gasteiger charge is 2.10. The average Bonchev–Trinajstić information content (AvgIpc) is 2.77. The number of carbonyl (C=O) groups is 2. The third kappa shape index (κ3) is 13.9. The number of rotatable bonds is 18. The molecule has 0 spiro atoms. The van der Waals surface area contributed by atoms with Crippen LogP contribution in [0.3, 0.4) is 0 Å². The molecule has 0 bridgehead atoms. The number of phenols is 1. The number of hydrogen-bond donors (Lipinski definition) is 2. The number of hydrogen-bond acceptors (Lipinski definition) is 4. The molecule has 0 fully saturated rings. The van der Waals surface area contributed by atoms with Crippen LogP contribution in [0.2, 0.25) is 0 Å². The van der Waals surface area contributed by atoms with Gasteiger partial charge in [-0.05, 0) is 49.8 Å². The lowest BCUT2D eigenvalue weighted by molar-refractivity contribution is -0.130. The third-order valence-corrected chi connectivity index (χ3v) is 5.55. The van der Waals surface area contributed by atoms with Gasteiger partial charge in [0, 0.05) is 6.42 Å². The van der Waals surface area contributed by atoms with E-state index in [0.29, 0.717) is 17.7 Å². The smallest absolute Gasteiger partial charge is 0.230 e. The van der Waals surface area contributed by atoms with E-state index in [9.17, 15) is 14.7 Å². The third-order valence-electron chi connectivity index (χ3n) is 5.55. The maximum absolute atomic E-state index is 12.0. The molecule has 1 rings (SSSR count). The highest BCUT2D eigenvalue weighted by molar-refractivity contribution is 5.96. The summed E-state index contributed by atoms with van der Waals surface area (Å²) in [4.78, 5) is 24.0. The Bertz CT molecular complexity index is 684. The summed E-state index contributed by atoms with van der Waals surface area (Å²) in [6, 6.07) is 4.73. The van der Waals surface area contributed by atoms with Crippen molar-refractivity contribution in [3.8, 4) is 11.5 Å². The van der Waals surface area contributed by atoms with E-state index < -0.39 is 0 Å². The van der Waals surface area contributed by atoms with Crippen LogP contribution in [0.15, 0.2) is 30.4 Å². The van der Waals surface area contributed by atoms with Crippen molar-refractivity contribution in [2.75, 3.05) is 7.11 Å². The van der Waals surface area contributed by atoms with Crippen LogP contribution >= 0.6 is 0 Å². The average molecular weight is 446 g/mol. The molecular formula is C27H43NO4. The predicted molar refractivity (Wildman–Crippen MR) is 131 cm³/mol. The highest BCUT2D eigenvalue weighted by Crippen LogP contribution is 2.26. The summed E-state index contributed by atoms with van der Waals surface area (Å²) in [6.45, 7) is 2.25. The number of amides is 2.